The highest BCUT2D eigenvalue weighted by molar-refractivity contribution is 6.31. The van der Waals surface area contributed by atoms with Crippen LogP contribution in [0.2, 0.25) is 5.02 Å². The summed E-state index contributed by atoms with van der Waals surface area (Å²) in [5.41, 5.74) is 5.23. The average molecular weight is 312 g/mol. The lowest BCUT2D eigenvalue weighted by molar-refractivity contribution is -0.0233. The summed E-state index contributed by atoms with van der Waals surface area (Å²) in [5.74, 6) is 5.84. The number of aryl methyl sites for hydroxylation is 1. The van der Waals surface area contributed by atoms with Crippen molar-refractivity contribution in [1.29, 1.82) is 0 Å². The van der Waals surface area contributed by atoms with Gasteiger partial charge >= 0.3 is 0 Å². The van der Waals surface area contributed by atoms with Crippen LogP contribution >= 0.6 is 11.6 Å². The third kappa shape index (κ3) is 3.96. The minimum Gasteiger partial charge on any atom is -0.379 e. The minimum atomic E-state index is -0.0628. The van der Waals surface area contributed by atoms with E-state index in [1.165, 1.54) is 5.56 Å². The fraction of sp³-hybridized carbons (Fsp3) is 0.625. The van der Waals surface area contributed by atoms with Crippen molar-refractivity contribution in [2.75, 3.05) is 26.3 Å². The quantitative estimate of drug-likeness (QED) is 0.646. The van der Waals surface area contributed by atoms with E-state index in [0.29, 0.717) is 0 Å². The molecular formula is C16H26ClN3O. The van der Waals surface area contributed by atoms with E-state index in [9.17, 15) is 0 Å². The predicted octanol–water partition coefficient (Wildman–Crippen LogP) is 2.13. The maximum absolute atomic E-state index is 6.36. The number of benzene rings is 1. The van der Waals surface area contributed by atoms with Crippen molar-refractivity contribution >= 4 is 11.6 Å². The lowest BCUT2D eigenvalue weighted by Crippen LogP contribution is -2.62. The lowest BCUT2D eigenvalue weighted by Gasteiger charge is -2.45. The molecule has 118 valence electrons. The van der Waals surface area contributed by atoms with E-state index in [2.05, 4.69) is 36.3 Å². The van der Waals surface area contributed by atoms with Crippen LogP contribution in [0.5, 0.6) is 0 Å². The summed E-state index contributed by atoms with van der Waals surface area (Å²) in [6.45, 7) is 9.94. The van der Waals surface area contributed by atoms with Gasteiger partial charge in [-0.2, -0.15) is 0 Å². The molecule has 1 aromatic rings. The Labute approximate surface area is 132 Å². The second kappa shape index (κ2) is 7.07. The monoisotopic (exact) mass is 311 g/mol. The van der Waals surface area contributed by atoms with Crippen LogP contribution in [0.4, 0.5) is 0 Å². The predicted molar refractivity (Wildman–Crippen MR) is 87.5 cm³/mol. The molecule has 0 aliphatic carbocycles. The molecule has 0 amide bonds. The maximum atomic E-state index is 6.36. The van der Waals surface area contributed by atoms with E-state index in [1.807, 2.05) is 13.0 Å². The SMILES string of the molecule is Cc1ccc(CC(NN)C(C)(C)N2CCOCC2)c(Cl)c1. The van der Waals surface area contributed by atoms with Crippen LogP contribution in [0.25, 0.3) is 0 Å². The third-order valence-electron chi connectivity index (χ3n) is 4.51. The highest BCUT2D eigenvalue weighted by Gasteiger charge is 2.36. The second-order valence-electron chi connectivity index (χ2n) is 6.27. The smallest absolute Gasteiger partial charge is 0.0594 e. The van der Waals surface area contributed by atoms with E-state index in [1.54, 1.807) is 0 Å². The summed E-state index contributed by atoms with van der Waals surface area (Å²) in [6.07, 6.45) is 0.806. The molecule has 21 heavy (non-hydrogen) atoms. The van der Waals surface area contributed by atoms with Gasteiger partial charge in [0.25, 0.3) is 0 Å². The van der Waals surface area contributed by atoms with Gasteiger partial charge in [0, 0.05) is 29.7 Å². The number of hydrazine groups is 1. The van der Waals surface area contributed by atoms with Crippen molar-refractivity contribution in [1.82, 2.24) is 10.3 Å². The normalized spacial score (nSPS) is 18.7. The molecule has 1 saturated heterocycles. The number of rotatable bonds is 5. The first-order chi connectivity index (χ1) is 9.95. The molecule has 0 radical (unpaired) electrons. The van der Waals surface area contributed by atoms with Crippen molar-refractivity contribution < 1.29 is 4.74 Å². The second-order valence-corrected chi connectivity index (χ2v) is 6.68. The molecule has 0 saturated carbocycles. The van der Waals surface area contributed by atoms with Crippen molar-refractivity contribution in [3.8, 4) is 0 Å². The van der Waals surface area contributed by atoms with Crippen molar-refractivity contribution in [2.45, 2.75) is 38.8 Å². The molecule has 1 atom stereocenters. The van der Waals surface area contributed by atoms with E-state index < -0.39 is 0 Å². The zero-order valence-electron chi connectivity index (χ0n) is 13.2. The molecule has 2 rings (SSSR count). The van der Waals surface area contributed by atoms with Gasteiger partial charge in [-0.3, -0.25) is 16.2 Å². The maximum Gasteiger partial charge on any atom is 0.0594 e. The van der Waals surface area contributed by atoms with Crippen LogP contribution in [0.3, 0.4) is 0 Å². The molecule has 0 spiro atoms. The topological polar surface area (TPSA) is 50.5 Å². The largest absolute Gasteiger partial charge is 0.379 e. The van der Waals surface area contributed by atoms with Crippen LogP contribution in [0.15, 0.2) is 18.2 Å². The Balaban J connectivity index is 2.14. The molecule has 0 aromatic heterocycles. The van der Waals surface area contributed by atoms with Crippen LogP contribution < -0.4 is 11.3 Å². The number of nitrogens with two attached hydrogens (primary N) is 1. The molecule has 1 aliphatic heterocycles. The van der Waals surface area contributed by atoms with Gasteiger partial charge in [-0.1, -0.05) is 23.7 Å². The number of morpholine rings is 1. The summed E-state index contributed by atoms with van der Waals surface area (Å²) in [7, 11) is 0. The number of nitrogens with zero attached hydrogens (tertiary/aromatic N) is 1. The zero-order valence-corrected chi connectivity index (χ0v) is 13.9. The Morgan fingerprint density at radius 2 is 2.05 bits per heavy atom. The molecule has 1 fully saturated rings. The van der Waals surface area contributed by atoms with Gasteiger partial charge < -0.3 is 4.74 Å². The standard InChI is InChI=1S/C16H26ClN3O/c1-12-4-5-13(14(17)10-12)11-15(19-18)16(2,3)20-6-8-21-9-7-20/h4-5,10,15,19H,6-9,11,18H2,1-3H3. The summed E-state index contributed by atoms with van der Waals surface area (Å²) in [6, 6.07) is 6.32. The molecule has 1 unspecified atom stereocenters. The fourth-order valence-corrected chi connectivity index (χ4v) is 3.22. The highest BCUT2D eigenvalue weighted by atomic mass is 35.5. The van der Waals surface area contributed by atoms with Gasteiger partial charge in [0.2, 0.25) is 0 Å². The average Bonchev–Trinajstić information content (AvgIpc) is 2.47. The number of hydrogen-bond donors (Lipinski definition) is 2. The fourth-order valence-electron chi connectivity index (χ4n) is 2.91. The summed E-state index contributed by atoms with van der Waals surface area (Å²) in [4.78, 5) is 2.43. The lowest BCUT2D eigenvalue weighted by atomic mass is 9.87. The van der Waals surface area contributed by atoms with E-state index in [4.69, 9.17) is 22.2 Å². The van der Waals surface area contributed by atoms with Crippen LogP contribution in [0, 0.1) is 6.92 Å². The van der Waals surface area contributed by atoms with E-state index in [0.717, 1.165) is 43.3 Å². The highest BCUT2D eigenvalue weighted by Crippen LogP contribution is 2.26. The summed E-state index contributed by atoms with van der Waals surface area (Å²) in [5, 5.41) is 0.813. The summed E-state index contributed by atoms with van der Waals surface area (Å²) >= 11 is 6.36. The number of nitrogens with one attached hydrogen (secondary N) is 1. The van der Waals surface area contributed by atoms with Crippen molar-refractivity contribution in [3.63, 3.8) is 0 Å². The Morgan fingerprint density at radius 1 is 1.38 bits per heavy atom. The molecule has 0 bridgehead atoms. The van der Waals surface area contributed by atoms with E-state index >= 15 is 0 Å². The van der Waals surface area contributed by atoms with Gasteiger partial charge in [-0.15, -0.1) is 0 Å². The van der Waals surface area contributed by atoms with Gasteiger partial charge in [-0.05, 0) is 44.4 Å². The Morgan fingerprint density at radius 3 is 2.62 bits per heavy atom. The molecule has 5 heteroatoms. The Bertz CT molecular complexity index is 473. The molecule has 3 N–H and O–H groups in total. The molecule has 1 aliphatic rings. The van der Waals surface area contributed by atoms with Gasteiger partial charge in [0.05, 0.1) is 13.2 Å². The molecule has 1 heterocycles. The third-order valence-corrected chi connectivity index (χ3v) is 4.86. The number of hydrogen-bond acceptors (Lipinski definition) is 4. The van der Waals surface area contributed by atoms with Gasteiger partial charge in [-0.25, -0.2) is 0 Å². The first-order valence-corrected chi connectivity index (χ1v) is 7.87. The Hall–Kier alpha value is -0.650. The summed E-state index contributed by atoms with van der Waals surface area (Å²) < 4.78 is 5.44. The molecule has 1 aromatic carbocycles. The number of halogens is 1. The Kier molecular flexibility index (Phi) is 5.63. The first-order valence-electron chi connectivity index (χ1n) is 7.49. The zero-order chi connectivity index (χ0) is 15.5. The van der Waals surface area contributed by atoms with Crippen molar-refractivity contribution in [3.05, 3.63) is 34.3 Å². The van der Waals surface area contributed by atoms with Crippen LogP contribution in [-0.2, 0) is 11.2 Å². The van der Waals surface area contributed by atoms with Gasteiger partial charge in [0.15, 0.2) is 0 Å². The van der Waals surface area contributed by atoms with Gasteiger partial charge in [0.1, 0.15) is 0 Å². The molecule has 4 nitrogen and oxygen atoms in total. The minimum absolute atomic E-state index is 0.0628. The van der Waals surface area contributed by atoms with Crippen LogP contribution in [0.1, 0.15) is 25.0 Å². The van der Waals surface area contributed by atoms with E-state index in [-0.39, 0.29) is 11.6 Å². The van der Waals surface area contributed by atoms with Crippen molar-refractivity contribution in [2.24, 2.45) is 5.84 Å². The van der Waals surface area contributed by atoms with Crippen LogP contribution in [-0.4, -0.2) is 42.8 Å². The molecular weight excluding hydrogens is 286 g/mol. The number of ether oxygens (including phenoxy) is 1. The first kappa shape index (κ1) is 16.7.